The molecule has 0 aliphatic heterocycles. The Hall–Kier alpha value is -1.80. The Morgan fingerprint density at radius 2 is 1.71 bits per heavy atom. The van der Waals surface area contributed by atoms with Crippen molar-refractivity contribution in [3.63, 3.8) is 0 Å². The molecule has 2 nitrogen and oxygen atoms in total. The number of methoxy groups -OCH3 is 1. The van der Waals surface area contributed by atoms with Crippen molar-refractivity contribution in [1.82, 2.24) is 5.32 Å². The maximum atomic E-state index is 5.41. The van der Waals surface area contributed by atoms with Crippen molar-refractivity contribution in [1.29, 1.82) is 0 Å². The Balaban J connectivity index is 2.04. The number of para-hydroxylation sites is 1. The van der Waals surface area contributed by atoms with Crippen LogP contribution in [0.15, 0.2) is 48.5 Å². The third kappa shape index (κ3) is 4.08. The van der Waals surface area contributed by atoms with Crippen molar-refractivity contribution in [2.24, 2.45) is 0 Å². The Bertz CT molecular complexity index is 548. The van der Waals surface area contributed by atoms with Crippen LogP contribution in [0.3, 0.4) is 0 Å². The summed E-state index contributed by atoms with van der Waals surface area (Å²) in [7, 11) is 1.72. The lowest BCUT2D eigenvalue weighted by Crippen LogP contribution is -2.20. The topological polar surface area (TPSA) is 21.3 Å². The Morgan fingerprint density at radius 1 is 1.00 bits per heavy atom. The summed E-state index contributed by atoms with van der Waals surface area (Å²) in [6, 6.07) is 17.5. The molecule has 1 unspecified atom stereocenters. The first-order chi connectivity index (χ1) is 10.3. The Labute approximate surface area is 128 Å². The lowest BCUT2D eigenvalue weighted by molar-refractivity contribution is 0.404. The minimum Gasteiger partial charge on any atom is -0.496 e. The third-order valence-electron chi connectivity index (χ3n) is 3.93. The summed E-state index contributed by atoms with van der Waals surface area (Å²) in [6.45, 7) is 5.22. The van der Waals surface area contributed by atoms with Crippen LogP contribution >= 0.6 is 0 Å². The molecule has 0 saturated heterocycles. The molecule has 2 heteroatoms. The van der Waals surface area contributed by atoms with Crippen molar-refractivity contribution in [2.75, 3.05) is 7.11 Å². The van der Waals surface area contributed by atoms with E-state index in [9.17, 15) is 0 Å². The highest BCUT2D eigenvalue weighted by atomic mass is 16.5. The van der Waals surface area contributed by atoms with Gasteiger partial charge in [0.1, 0.15) is 5.75 Å². The van der Waals surface area contributed by atoms with Crippen molar-refractivity contribution < 1.29 is 4.74 Å². The van der Waals surface area contributed by atoms with Crippen LogP contribution in [-0.4, -0.2) is 7.11 Å². The van der Waals surface area contributed by atoms with Gasteiger partial charge in [-0.3, -0.25) is 0 Å². The second kappa shape index (κ2) is 7.84. The fourth-order valence-electron chi connectivity index (χ4n) is 2.57. The molecular formula is C19H25NO. The highest BCUT2D eigenvalue weighted by molar-refractivity contribution is 5.33. The number of benzene rings is 2. The molecule has 2 aromatic carbocycles. The highest BCUT2D eigenvalue weighted by Crippen LogP contribution is 2.21. The van der Waals surface area contributed by atoms with E-state index in [0.29, 0.717) is 6.04 Å². The van der Waals surface area contributed by atoms with Crippen LogP contribution in [0.2, 0.25) is 0 Å². The van der Waals surface area contributed by atoms with Crippen LogP contribution < -0.4 is 10.1 Å². The second-order valence-electron chi connectivity index (χ2n) is 5.25. The van der Waals surface area contributed by atoms with E-state index in [-0.39, 0.29) is 0 Å². The van der Waals surface area contributed by atoms with Crippen LogP contribution in [-0.2, 0) is 13.0 Å². The first-order valence-electron chi connectivity index (χ1n) is 7.72. The number of hydrogen-bond acceptors (Lipinski definition) is 2. The van der Waals surface area contributed by atoms with Crippen molar-refractivity contribution in [3.05, 3.63) is 65.2 Å². The molecule has 0 aromatic heterocycles. The van der Waals surface area contributed by atoms with Crippen LogP contribution in [0.25, 0.3) is 0 Å². The van der Waals surface area contributed by atoms with E-state index in [4.69, 9.17) is 4.74 Å². The largest absolute Gasteiger partial charge is 0.496 e. The molecule has 0 heterocycles. The summed E-state index contributed by atoms with van der Waals surface area (Å²) in [5, 5.41) is 3.63. The zero-order valence-electron chi connectivity index (χ0n) is 13.2. The van der Waals surface area contributed by atoms with Gasteiger partial charge in [0.2, 0.25) is 0 Å². The average molecular weight is 283 g/mol. The van der Waals surface area contributed by atoms with Crippen LogP contribution in [0.4, 0.5) is 0 Å². The maximum Gasteiger partial charge on any atom is 0.123 e. The standard InChI is InChI=1S/C19H25NO/c1-4-15-10-12-16(13-11-15)18(5-2)20-14-17-8-6-7-9-19(17)21-3/h6-13,18,20H,4-5,14H2,1-3H3. The number of rotatable bonds is 7. The summed E-state index contributed by atoms with van der Waals surface area (Å²) in [6.07, 6.45) is 2.16. The van der Waals surface area contributed by atoms with Gasteiger partial charge in [-0.1, -0.05) is 56.3 Å². The molecule has 1 N–H and O–H groups in total. The average Bonchev–Trinajstić information content (AvgIpc) is 2.56. The number of ether oxygens (including phenoxy) is 1. The quantitative estimate of drug-likeness (QED) is 0.808. The molecule has 1 atom stereocenters. The third-order valence-corrected chi connectivity index (χ3v) is 3.93. The molecule has 112 valence electrons. The van der Waals surface area contributed by atoms with Crippen molar-refractivity contribution >= 4 is 0 Å². The summed E-state index contributed by atoms with van der Waals surface area (Å²) in [5.74, 6) is 0.946. The smallest absolute Gasteiger partial charge is 0.123 e. The highest BCUT2D eigenvalue weighted by Gasteiger charge is 2.10. The van der Waals surface area contributed by atoms with Gasteiger partial charge in [0.15, 0.2) is 0 Å². The van der Waals surface area contributed by atoms with E-state index < -0.39 is 0 Å². The molecule has 0 amide bonds. The molecule has 0 spiro atoms. The molecule has 0 radical (unpaired) electrons. The minimum absolute atomic E-state index is 0.376. The van der Waals surface area contributed by atoms with Gasteiger partial charge in [-0.25, -0.2) is 0 Å². The second-order valence-corrected chi connectivity index (χ2v) is 5.25. The Kier molecular flexibility index (Phi) is 5.82. The van der Waals surface area contributed by atoms with E-state index in [1.807, 2.05) is 12.1 Å². The fraction of sp³-hybridized carbons (Fsp3) is 0.368. The molecule has 0 aliphatic rings. The van der Waals surface area contributed by atoms with Crippen LogP contribution in [0.1, 0.15) is 43.0 Å². The molecule has 2 rings (SSSR count). The lowest BCUT2D eigenvalue weighted by atomic mass is 10.0. The van der Waals surface area contributed by atoms with E-state index in [2.05, 4.69) is 55.6 Å². The lowest BCUT2D eigenvalue weighted by Gasteiger charge is -2.19. The maximum absolute atomic E-state index is 5.41. The zero-order valence-corrected chi connectivity index (χ0v) is 13.2. The monoisotopic (exact) mass is 283 g/mol. The van der Waals surface area contributed by atoms with E-state index in [1.165, 1.54) is 16.7 Å². The zero-order chi connectivity index (χ0) is 15.1. The molecular weight excluding hydrogens is 258 g/mol. The first kappa shape index (κ1) is 15.6. The van der Waals surface area contributed by atoms with Crippen molar-refractivity contribution in [2.45, 2.75) is 39.3 Å². The Morgan fingerprint density at radius 3 is 2.33 bits per heavy atom. The van der Waals surface area contributed by atoms with Crippen LogP contribution in [0.5, 0.6) is 5.75 Å². The molecule has 0 aliphatic carbocycles. The summed E-state index contributed by atoms with van der Waals surface area (Å²) in [5.41, 5.74) is 3.94. The minimum atomic E-state index is 0.376. The van der Waals surface area contributed by atoms with E-state index in [1.54, 1.807) is 7.11 Å². The molecule has 0 bridgehead atoms. The predicted molar refractivity (Wildman–Crippen MR) is 88.7 cm³/mol. The summed E-state index contributed by atoms with van der Waals surface area (Å²) >= 11 is 0. The van der Waals surface area contributed by atoms with Gasteiger partial charge in [0.25, 0.3) is 0 Å². The molecule has 2 aromatic rings. The summed E-state index contributed by atoms with van der Waals surface area (Å²) in [4.78, 5) is 0. The molecule has 0 saturated carbocycles. The van der Waals surface area contributed by atoms with Gasteiger partial charge >= 0.3 is 0 Å². The normalized spacial score (nSPS) is 12.1. The molecule has 0 fully saturated rings. The van der Waals surface area contributed by atoms with Gasteiger partial charge in [0, 0.05) is 18.2 Å². The van der Waals surface area contributed by atoms with Crippen LogP contribution in [0, 0.1) is 0 Å². The number of hydrogen-bond donors (Lipinski definition) is 1. The van der Waals surface area contributed by atoms with Crippen molar-refractivity contribution in [3.8, 4) is 5.75 Å². The van der Waals surface area contributed by atoms with Gasteiger partial charge in [0.05, 0.1) is 7.11 Å². The first-order valence-corrected chi connectivity index (χ1v) is 7.72. The summed E-state index contributed by atoms with van der Waals surface area (Å²) < 4.78 is 5.41. The SMILES string of the molecule is CCc1ccc(C(CC)NCc2ccccc2OC)cc1. The fourth-order valence-corrected chi connectivity index (χ4v) is 2.57. The predicted octanol–water partition coefficient (Wildman–Crippen LogP) is 4.50. The number of nitrogens with one attached hydrogen (secondary N) is 1. The van der Waals surface area contributed by atoms with E-state index in [0.717, 1.165) is 25.1 Å². The number of aryl methyl sites for hydroxylation is 1. The van der Waals surface area contributed by atoms with Gasteiger partial charge < -0.3 is 10.1 Å². The van der Waals surface area contributed by atoms with E-state index >= 15 is 0 Å². The van der Waals surface area contributed by atoms with Gasteiger partial charge in [-0.2, -0.15) is 0 Å². The van der Waals surface area contributed by atoms with Gasteiger partial charge in [-0.05, 0) is 30.0 Å². The van der Waals surface area contributed by atoms with Gasteiger partial charge in [-0.15, -0.1) is 0 Å². The molecule has 21 heavy (non-hydrogen) atoms.